The number of aliphatic hydroxyl groups is 1. The predicted octanol–water partition coefficient (Wildman–Crippen LogP) is 3.45. The fourth-order valence-corrected chi connectivity index (χ4v) is 2.74. The summed E-state index contributed by atoms with van der Waals surface area (Å²) in [5, 5.41) is 25.2. The van der Waals surface area contributed by atoms with Gasteiger partial charge in [-0.25, -0.2) is 4.98 Å². The van der Waals surface area contributed by atoms with Gasteiger partial charge in [0.15, 0.2) is 0 Å². The van der Waals surface area contributed by atoms with E-state index in [1.807, 2.05) is 31.2 Å². The number of hydrogen-bond acceptors (Lipinski definition) is 6. The minimum Gasteiger partial charge on any atom is -0.492 e. The van der Waals surface area contributed by atoms with Crippen molar-refractivity contribution in [3.8, 4) is 5.75 Å². The van der Waals surface area contributed by atoms with Crippen molar-refractivity contribution < 1.29 is 14.8 Å². The molecule has 1 atom stereocenters. The summed E-state index contributed by atoms with van der Waals surface area (Å²) in [6.45, 7) is 3.81. The number of benzene rings is 2. The van der Waals surface area contributed by atoms with Crippen molar-refractivity contribution in [1.29, 1.82) is 0 Å². The number of aliphatic hydroxyl groups excluding tert-OH is 1. The van der Waals surface area contributed by atoms with Gasteiger partial charge in [-0.1, -0.05) is 18.2 Å². The molecule has 1 heterocycles. The Labute approximate surface area is 138 Å². The molecule has 0 spiro atoms. The summed E-state index contributed by atoms with van der Waals surface area (Å²) >= 11 is 0. The number of pyridine rings is 1. The summed E-state index contributed by atoms with van der Waals surface area (Å²) < 4.78 is 5.59. The highest BCUT2D eigenvalue weighted by Gasteiger charge is 2.22. The Morgan fingerprint density at radius 3 is 2.75 bits per heavy atom. The van der Waals surface area contributed by atoms with Crippen LogP contribution in [0.2, 0.25) is 0 Å². The molecule has 0 fully saturated rings. The summed E-state index contributed by atoms with van der Waals surface area (Å²) in [6, 6.07) is 10.2. The maximum atomic E-state index is 11.5. The van der Waals surface area contributed by atoms with Crippen LogP contribution in [0.25, 0.3) is 21.8 Å². The van der Waals surface area contributed by atoms with Gasteiger partial charge in [0.1, 0.15) is 22.9 Å². The molecule has 124 valence electrons. The fourth-order valence-electron chi connectivity index (χ4n) is 2.74. The van der Waals surface area contributed by atoms with Gasteiger partial charge >= 0.3 is 0 Å². The van der Waals surface area contributed by atoms with E-state index in [1.165, 1.54) is 6.07 Å². The normalized spacial score (nSPS) is 12.3. The van der Waals surface area contributed by atoms with E-state index in [-0.39, 0.29) is 5.69 Å². The van der Waals surface area contributed by atoms with Crippen LogP contribution in [0.1, 0.15) is 13.8 Å². The van der Waals surface area contributed by atoms with E-state index in [2.05, 4.69) is 10.3 Å². The van der Waals surface area contributed by atoms with Crippen LogP contribution < -0.4 is 10.1 Å². The van der Waals surface area contributed by atoms with Crippen LogP contribution in [0.5, 0.6) is 5.75 Å². The lowest BCUT2D eigenvalue weighted by Gasteiger charge is -2.16. The van der Waals surface area contributed by atoms with E-state index in [0.29, 0.717) is 39.8 Å². The van der Waals surface area contributed by atoms with Crippen molar-refractivity contribution in [3.63, 3.8) is 0 Å². The molecule has 0 bridgehead atoms. The summed E-state index contributed by atoms with van der Waals surface area (Å²) in [6.07, 6.45) is -0.880. The lowest BCUT2D eigenvalue weighted by Crippen LogP contribution is -2.14. The van der Waals surface area contributed by atoms with Crippen LogP contribution in [0, 0.1) is 10.1 Å². The molecule has 0 amide bonds. The standard InChI is InChI=1S/C17H17N3O4/c1-3-24-14-9-8-13(20(22)23)15-16(18-10(2)21)11-6-4-5-7-12(11)19-17(14)15/h4-10,21H,3H2,1-2H3,(H,18,19). The molecule has 3 aromatic rings. The number of para-hydroxylation sites is 1. The minimum atomic E-state index is -0.880. The second-order valence-corrected chi connectivity index (χ2v) is 5.32. The number of rotatable bonds is 5. The largest absolute Gasteiger partial charge is 0.492 e. The smallest absolute Gasteiger partial charge is 0.281 e. The predicted molar refractivity (Wildman–Crippen MR) is 92.4 cm³/mol. The number of ether oxygens (including phenoxy) is 1. The fraction of sp³-hybridized carbons (Fsp3) is 0.235. The minimum absolute atomic E-state index is 0.0881. The summed E-state index contributed by atoms with van der Waals surface area (Å²) in [5.41, 5.74) is 1.44. The molecular weight excluding hydrogens is 310 g/mol. The van der Waals surface area contributed by atoms with Gasteiger partial charge in [-0.3, -0.25) is 10.1 Å². The van der Waals surface area contributed by atoms with Crippen molar-refractivity contribution >= 4 is 33.2 Å². The van der Waals surface area contributed by atoms with E-state index in [4.69, 9.17) is 4.74 Å². The molecule has 0 saturated heterocycles. The second kappa shape index (κ2) is 6.29. The second-order valence-electron chi connectivity index (χ2n) is 5.32. The average Bonchev–Trinajstić information content (AvgIpc) is 2.54. The number of nitro groups is 1. The third-order valence-electron chi connectivity index (χ3n) is 3.62. The lowest BCUT2D eigenvalue weighted by molar-refractivity contribution is -0.383. The number of aromatic nitrogens is 1. The number of anilines is 1. The molecule has 7 nitrogen and oxygen atoms in total. The van der Waals surface area contributed by atoms with Gasteiger partial charge in [-0.05, 0) is 26.0 Å². The number of nitro benzene ring substituents is 1. The van der Waals surface area contributed by atoms with Crippen molar-refractivity contribution in [3.05, 3.63) is 46.5 Å². The van der Waals surface area contributed by atoms with Gasteiger partial charge in [0.25, 0.3) is 5.69 Å². The van der Waals surface area contributed by atoms with Gasteiger partial charge < -0.3 is 15.2 Å². The first-order valence-electron chi connectivity index (χ1n) is 7.60. The third-order valence-corrected chi connectivity index (χ3v) is 3.62. The highest BCUT2D eigenvalue weighted by molar-refractivity contribution is 6.12. The van der Waals surface area contributed by atoms with Crippen molar-refractivity contribution in [2.45, 2.75) is 20.1 Å². The quantitative estimate of drug-likeness (QED) is 0.322. The molecule has 0 aliphatic heterocycles. The van der Waals surface area contributed by atoms with Crippen molar-refractivity contribution in [2.24, 2.45) is 0 Å². The zero-order valence-corrected chi connectivity index (χ0v) is 13.3. The SMILES string of the molecule is CCOc1ccc([N+](=O)[O-])c2c(NC(C)O)c3ccccc3nc12. The molecule has 0 aliphatic carbocycles. The molecule has 2 aromatic carbocycles. The van der Waals surface area contributed by atoms with E-state index >= 15 is 0 Å². The number of nitrogens with zero attached hydrogens (tertiary/aromatic N) is 2. The first kappa shape index (κ1) is 15.9. The first-order valence-corrected chi connectivity index (χ1v) is 7.60. The highest BCUT2D eigenvalue weighted by atomic mass is 16.6. The van der Waals surface area contributed by atoms with Gasteiger partial charge in [-0.15, -0.1) is 0 Å². The topological polar surface area (TPSA) is 97.5 Å². The molecule has 24 heavy (non-hydrogen) atoms. The van der Waals surface area contributed by atoms with Gasteiger partial charge in [0.2, 0.25) is 0 Å². The Morgan fingerprint density at radius 2 is 2.08 bits per heavy atom. The van der Waals surface area contributed by atoms with Gasteiger partial charge in [0, 0.05) is 11.5 Å². The molecule has 1 aromatic heterocycles. The third kappa shape index (κ3) is 2.69. The monoisotopic (exact) mass is 327 g/mol. The Morgan fingerprint density at radius 1 is 1.33 bits per heavy atom. The zero-order valence-electron chi connectivity index (χ0n) is 13.3. The molecule has 0 radical (unpaired) electrons. The van der Waals surface area contributed by atoms with Gasteiger partial charge in [-0.2, -0.15) is 0 Å². The first-order chi connectivity index (χ1) is 11.5. The van der Waals surface area contributed by atoms with Crippen LogP contribution >= 0.6 is 0 Å². The van der Waals surface area contributed by atoms with E-state index in [1.54, 1.807) is 13.0 Å². The number of non-ortho nitro benzene ring substituents is 1. The molecule has 0 saturated carbocycles. The van der Waals surface area contributed by atoms with Gasteiger partial charge in [0.05, 0.1) is 22.7 Å². The molecule has 2 N–H and O–H groups in total. The average molecular weight is 327 g/mol. The van der Waals surface area contributed by atoms with E-state index in [0.717, 1.165) is 0 Å². The Bertz CT molecular complexity index is 924. The zero-order chi connectivity index (χ0) is 17.3. The lowest BCUT2D eigenvalue weighted by atomic mass is 10.1. The molecular formula is C17H17N3O4. The van der Waals surface area contributed by atoms with Crippen LogP contribution in [0.3, 0.4) is 0 Å². The van der Waals surface area contributed by atoms with Crippen LogP contribution in [-0.4, -0.2) is 27.8 Å². The van der Waals surface area contributed by atoms with Crippen LogP contribution in [0.4, 0.5) is 11.4 Å². The number of fused-ring (bicyclic) bond motifs is 2. The maximum absolute atomic E-state index is 11.5. The highest BCUT2D eigenvalue weighted by Crippen LogP contribution is 2.40. The Hall–Kier alpha value is -2.93. The molecule has 1 unspecified atom stereocenters. The van der Waals surface area contributed by atoms with Crippen LogP contribution in [-0.2, 0) is 0 Å². The Kier molecular flexibility index (Phi) is 4.18. The van der Waals surface area contributed by atoms with Crippen LogP contribution in [0.15, 0.2) is 36.4 Å². The molecule has 0 aliphatic rings. The summed E-state index contributed by atoms with van der Waals surface area (Å²) in [4.78, 5) is 15.6. The van der Waals surface area contributed by atoms with Crippen molar-refractivity contribution in [2.75, 3.05) is 11.9 Å². The molecule has 7 heteroatoms. The van der Waals surface area contributed by atoms with Crippen molar-refractivity contribution in [1.82, 2.24) is 4.98 Å². The number of nitrogens with one attached hydrogen (secondary N) is 1. The van der Waals surface area contributed by atoms with E-state index in [9.17, 15) is 15.2 Å². The Balaban J connectivity index is 2.50. The maximum Gasteiger partial charge on any atom is 0.281 e. The number of hydrogen-bond donors (Lipinski definition) is 2. The summed E-state index contributed by atoms with van der Waals surface area (Å²) in [5.74, 6) is 0.470. The molecule has 3 rings (SSSR count). The summed E-state index contributed by atoms with van der Waals surface area (Å²) in [7, 11) is 0. The van der Waals surface area contributed by atoms with E-state index < -0.39 is 11.2 Å².